The lowest BCUT2D eigenvalue weighted by atomic mass is 9.89. The molecule has 3 rings (SSSR count). The number of nitrogens with one attached hydrogen (secondary N) is 1. The summed E-state index contributed by atoms with van der Waals surface area (Å²) < 4.78 is 6.95. The van der Waals surface area contributed by atoms with E-state index < -0.39 is 6.10 Å². The van der Waals surface area contributed by atoms with Gasteiger partial charge in [0.2, 0.25) is 0 Å². The highest BCUT2D eigenvalue weighted by atomic mass is 32.1. The molecule has 0 saturated heterocycles. The maximum Gasteiger partial charge on any atom is 0.275 e. The molecule has 1 atom stereocenters. The standard InChI is InChI=1S/C19H24N2O2S/c1-5-15(17(22)20-14-11-19(3,4)10-12(14)2)23-18-21-13-8-6-7-9-16(13)24-18/h6-9,15H,5,10-11H2,1-4H3,(H,20,22). The van der Waals surface area contributed by atoms with Gasteiger partial charge in [-0.05, 0) is 43.7 Å². The molecule has 0 fully saturated rings. The van der Waals surface area contributed by atoms with Crippen LogP contribution in [0.2, 0.25) is 0 Å². The molecule has 0 radical (unpaired) electrons. The van der Waals surface area contributed by atoms with Gasteiger partial charge < -0.3 is 10.1 Å². The molecule has 2 aromatic rings. The topological polar surface area (TPSA) is 51.2 Å². The number of aromatic nitrogens is 1. The monoisotopic (exact) mass is 344 g/mol. The quantitative estimate of drug-likeness (QED) is 0.858. The third-order valence-electron chi connectivity index (χ3n) is 4.37. The lowest BCUT2D eigenvalue weighted by molar-refractivity contribution is -0.127. The molecule has 128 valence electrons. The SMILES string of the molecule is CCC(Oc1nc2ccccc2s1)C(=O)NC1=C(C)CC(C)(C)C1. The van der Waals surface area contributed by atoms with Gasteiger partial charge in [-0.25, -0.2) is 4.98 Å². The van der Waals surface area contributed by atoms with Crippen LogP contribution < -0.4 is 10.1 Å². The van der Waals surface area contributed by atoms with Gasteiger partial charge in [-0.2, -0.15) is 0 Å². The average Bonchev–Trinajstić information content (AvgIpc) is 3.04. The van der Waals surface area contributed by atoms with Crippen LogP contribution in [0.4, 0.5) is 0 Å². The minimum absolute atomic E-state index is 0.0798. The molecule has 1 aliphatic carbocycles. The van der Waals surface area contributed by atoms with Crippen molar-refractivity contribution < 1.29 is 9.53 Å². The zero-order chi connectivity index (χ0) is 17.3. The fourth-order valence-electron chi connectivity index (χ4n) is 3.24. The van der Waals surface area contributed by atoms with Gasteiger partial charge in [0.15, 0.2) is 6.10 Å². The second-order valence-corrected chi connectivity index (χ2v) is 8.22. The summed E-state index contributed by atoms with van der Waals surface area (Å²) in [7, 11) is 0. The Morgan fingerprint density at radius 3 is 2.75 bits per heavy atom. The van der Waals surface area contributed by atoms with E-state index in [4.69, 9.17) is 4.74 Å². The van der Waals surface area contributed by atoms with Crippen LogP contribution in [0.25, 0.3) is 10.2 Å². The van der Waals surface area contributed by atoms with Crippen molar-refractivity contribution in [1.29, 1.82) is 0 Å². The number of carbonyl (C=O) groups is 1. The van der Waals surface area contributed by atoms with E-state index in [1.807, 2.05) is 31.2 Å². The molecule has 1 unspecified atom stereocenters. The van der Waals surface area contributed by atoms with E-state index in [-0.39, 0.29) is 11.3 Å². The summed E-state index contributed by atoms with van der Waals surface area (Å²) in [5.41, 5.74) is 3.45. The minimum Gasteiger partial charge on any atom is -0.457 e. The highest BCUT2D eigenvalue weighted by Gasteiger charge is 2.31. The first-order chi connectivity index (χ1) is 11.4. The molecule has 24 heavy (non-hydrogen) atoms. The van der Waals surface area contributed by atoms with E-state index in [9.17, 15) is 4.79 Å². The summed E-state index contributed by atoms with van der Waals surface area (Å²) in [4.78, 5) is 17.1. The van der Waals surface area contributed by atoms with Gasteiger partial charge in [0.25, 0.3) is 11.1 Å². The van der Waals surface area contributed by atoms with Crippen molar-refractivity contribution >= 4 is 27.5 Å². The molecule has 1 aliphatic rings. The summed E-state index contributed by atoms with van der Waals surface area (Å²) in [6.45, 7) is 8.51. The van der Waals surface area contributed by atoms with Crippen molar-refractivity contribution in [2.75, 3.05) is 0 Å². The fourth-order valence-corrected chi connectivity index (χ4v) is 4.10. The Bertz CT molecular complexity index is 759. The zero-order valence-electron chi connectivity index (χ0n) is 14.7. The van der Waals surface area contributed by atoms with Crippen LogP contribution in [-0.4, -0.2) is 17.0 Å². The number of nitrogens with zero attached hydrogens (tertiary/aromatic N) is 1. The van der Waals surface area contributed by atoms with Gasteiger partial charge in [-0.3, -0.25) is 4.79 Å². The fraction of sp³-hybridized carbons (Fsp3) is 0.474. The lowest BCUT2D eigenvalue weighted by Gasteiger charge is -2.19. The molecule has 5 heteroatoms. The van der Waals surface area contributed by atoms with Gasteiger partial charge in [0.1, 0.15) is 0 Å². The van der Waals surface area contributed by atoms with Crippen LogP contribution in [0.3, 0.4) is 0 Å². The number of benzene rings is 1. The molecule has 1 aromatic carbocycles. The van der Waals surface area contributed by atoms with E-state index in [1.54, 1.807) is 0 Å². The molecule has 1 heterocycles. The number of hydrogen-bond donors (Lipinski definition) is 1. The van der Waals surface area contributed by atoms with E-state index >= 15 is 0 Å². The first-order valence-corrected chi connectivity index (χ1v) is 9.21. The van der Waals surface area contributed by atoms with Crippen LogP contribution in [0, 0.1) is 5.41 Å². The van der Waals surface area contributed by atoms with Crippen LogP contribution in [-0.2, 0) is 4.79 Å². The third-order valence-corrected chi connectivity index (χ3v) is 5.30. The Hall–Kier alpha value is -1.88. The number of amides is 1. The first-order valence-electron chi connectivity index (χ1n) is 8.40. The zero-order valence-corrected chi connectivity index (χ0v) is 15.5. The van der Waals surface area contributed by atoms with Crippen LogP contribution in [0.1, 0.15) is 47.0 Å². The molecule has 0 saturated carbocycles. The Kier molecular flexibility index (Phi) is 4.63. The summed E-state index contributed by atoms with van der Waals surface area (Å²) in [5, 5.41) is 3.63. The number of carbonyl (C=O) groups excluding carboxylic acids is 1. The number of fused-ring (bicyclic) bond motifs is 1. The summed E-state index contributed by atoms with van der Waals surface area (Å²) in [5.74, 6) is -0.0798. The second kappa shape index (κ2) is 6.55. The molecule has 1 N–H and O–H groups in total. The van der Waals surface area contributed by atoms with Gasteiger partial charge in [-0.1, -0.05) is 49.8 Å². The highest BCUT2D eigenvalue weighted by molar-refractivity contribution is 7.20. The second-order valence-electron chi connectivity index (χ2n) is 7.23. The summed E-state index contributed by atoms with van der Waals surface area (Å²) in [6.07, 6.45) is 2.02. The number of para-hydroxylation sites is 1. The largest absolute Gasteiger partial charge is 0.457 e. The Balaban J connectivity index is 1.69. The molecule has 4 nitrogen and oxygen atoms in total. The van der Waals surface area contributed by atoms with Gasteiger partial charge in [0.05, 0.1) is 10.2 Å². The van der Waals surface area contributed by atoms with Gasteiger partial charge in [-0.15, -0.1) is 0 Å². The summed E-state index contributed by atoms with van der Waals surface area (Å²) in [6, 6.07) is 7.89. The Morgan fingerprint density at radius 1 is 1.38 bits per heavy atom. The predicted octanol–water partition coefficient (Wildman–Crippen LogP) is 4.66. The van der Waals surface area contributed by atoms with E-state index in [1.165, 1.54) is 16.9 Å². The van der Waals surface area contributed by atoms with Crippen molar-refractivity contribution in [2.24, 2.45) is 5.41 Å². The highest BCUT2D eigenvalue weighted by Crippen LogP contribution is 2.39. The van der Waals surface area contributed by atoms with E-state index in [2.05, 4.69) is 31.1 Å². The molecule has 0 spiro atoms. The van der Waals surface area contributed by atoms with E-state index in [0.29, 0.717) is 11.6 Å². The molecule has 0 bridgehead atoms. The Labute approximate surface area is 146 Å². The molecular formula is C19H24N2O2S. The number of rotatable bonds is 5. The van der Waals surface area contributed by atoms with E-state index in [0.717, 1.165) is 28.8 Å². The van der Waals surface area contributed by atoms with Crippen molar-refractivity contribution in [3.8, 4) is 5.19 Å². The summed E-state index contributed by atoms with van der Waals surface area (Å²) >= 11 is 1.48. The molecular weight excluding hydrogens is 320 g/mol. The van der Waals surface area contributed by atoms with Crippen LogP contribution >= 0.6 is 11.3 Å². The maximum absolute atomic E-state index is 12.6. The maximum atomic E-state index is 12.6. The first kappa shape index (κ1) is 17.0. The van der Waals surface area contributed by atoms with Crippen molar-refractivity contribution in [2.45, 2.75) is 53.1 Å². The normalized spacial score (nSPS) is 18.0. The van der Waals surface area contributed by atoms with Crippen molar-refractivity contribution in [1.82, 2.24) is 10.3 Å². The Morgan fingerprint density at radius 2 is 2.12 bits per heavy atom. The number of thiazole rings is 1. The lowest BCUT2D eigenvalue weighted by Crippen LogP contribution is -2.37. The van der Waals surface area contributed by atoms with Gasteiger partial charge >= 0.3 is 0 Å². The smallest absolute Gasteiger partial charge is 0.275 e. The van der Waals surface area contributed by atoms with Crippen molar-refractivity contribution in [3.63, 3.8) is 0 Å². The molecule has 1 amide bonds. The predicted molar refractivity (Wildman–Crippen MR) is 98.2 cm³/mol. The molecule has 1 aromatic heterocycles. The molecule has 0 aliphatic heterocycles. The third kappa shape index (κ3) is 3.61. The van der Waals surface area contributed by atoms with Crippen molar-refractivity contribution in [3.05, 3.63) is 35.5 Å². The number of hydrogen-bond acceptors (Lipinski definition) is 4. The number of allylic oxidation sites excluding steroid dienone is 2. The van der Waals surface area contributed by atoms with Gasteiger partial charge in [0, 0.05) is 5.70 Å². The van der Waals surface area contributed by atoms with Crippen LogP contribution in [0.5, 0.6) is 5.19 Å². The average molecular weight is 344 g/mol. The van der Waals surface area contributed by atoms with Crippen LogP contribution in [0.15, 0.2) is 35.5 Å². The number of ether oxygens (including phenoxy) is 1. The minimum atomic E-state index is -0.519.